The van der Waals surface area contributed by atoms with Crippen LogP contribution >= 0.6 is 11.6 Å². The Bertz CT molecular complexity index is 656. The third-order valence-electron chi connectivity index (χ3n) is 4.20. The number of fused-ring (bicyclic) bond motifs is 1. The Balaban J connectivity index is 1.98. The Morgan fingerprint density at radius 3 is 2.30 bits per heavy atom. The van der Waals surface area contributed by atoms with E-state index in [4.69, 9.17) is 20.9 Å². The van der Waals surface area contributed by atoms with Gasteiger partial charge in [0, 0.05) is 0 Å². The Morgan fingerprint density at radius 2 is 1.65 bits per heavy atom. The largest absolute Gasteiger partial charge is 0.494 e. The highest BCUT2D eigenvalue weighted by atomic mass is 35.5. The molecule has 1 fully saturated rings. The van der Waals surface area contributed by atoms with Crippen molar-refractivity contribution in [3.63, 3.8) is 0 Å². The molecule has 0 unspecified atom stereocenters. The van der Waals surface area contributed by atoms with Gasteiger partial charge in [0.25, 0.3) is 0 Å². The summed E-state index contributed by atoms with van der Waals surface area (Å²) in [5, 5.41) is 1.53. The average molecular weight is 290 g/mol. The number of hydrogen-bond donors (Lipinski definition) is 0. The highest BCUT2D eigenvalue weighted by molar-refractivity contribution is 6.62. The average Bonchev–Trinajstić information content (AvgIpc) is 2.58. The molecule has 0 radical (unpaired) electrons. The van der Waals surface area contributed by atoms with Crippen molar-refractivity contribution in [1.82, 2.24) is 4.98 Å². The zero-order valence-corrected chi connectivity index (χ0v) is 12.9. The summed E-state index contributed by atoms with van der Waals surface area (Å²) in [4.78, 5) is 4.28. The normalized spacial score (nSPS) is 20.6. The van der Waals surface area contributed by atoms with Gasteiger partial charge in [0.2, 0.25) is 0 Å². The molecule has 0 amide bonds. The van der Waals surface area contributed by atoms with Crippen LogP contribution in [0.4, 0.5) is 0 Å². The van der Waals surface area contributed by atoms with E-state index >= 15 is 0 Å². The molecule has 2 aromatic rings. The van der Waals surface area contributed by atoms with Crippen LogP contribution in [0.5, 0.6) is 0 Å². The quantitative estimate of drug-likeness (QED) is 0.597. The van der Waals surface area contributed by atoms with Crippen molar-refractivity contribution < 1.29 is 9.31 Å². The zero-order chi connectivity index (χ0) is 14.5. The van der Waals surface area contributed by atoms with Crippen molar-refractivity contribution in [2.24, 2.45) is 0 Å². The van der Waals surface area contributed by atoms with Gasteiger partial charge in [-0.15, -0.1) is 0 Å². The summed E-state index contributed by atoms with van der Waals surface area (Å²) in [6.07, 6.45) is 0. The fourth-order valence-electron chi connectivity index (χ4n) is 2.24. The lowest BCUT2D eigenvalue weighted by atomic mass is 9.78. The Labute approximate surface area is 124 Å². The topological polar surface area (TPSA) is 31.4 Å². The van der Waals surface area contributed by atoms with Gasteiger partial charge < -0.3 is 9.31 Å². The molecule has 0 bridgehead atoms. The lowest BCUT2D eigenvalue weighted by Gasteiger charge is -2.32. The molecular formula is C15H17BClNO2. The molecule has 104 valence electrons. The van der Waals surface area contributed by atoms with E-state index in [-0.39, 0.29) is 18.3 Å². The van der Waals surface area contributed by atoms with Crippen molar-refractivity contribution >= 4 is 35.1 Å². The predicted octanol–water partition coefficient (Wildman–Crippen LogP) is 3.19. The summed E-state index contributed by atoms with van der Waals surface area (Å²) in [6, 6.07) is 9.72. The molecule has 0 N–H and O–H groups in total. The van der Waals surface area contributed by atoms with E-state index in [1.54, 1.807) is 6.07 Å². The molecule has 3 nitrogen and oxygen atoms in total. The first-order valence-corrected chi connectivity index (χ1v) is 7.08. The summed E-state index contributed by atoms with van der Waals surface area (Å²) in [5.74, 6) is 0. The van der Waals surface area contributed by atoms with E-state index in [2.05, 4.69) is 32.7 Å². The van der Waals surface area contributed by atoms with Gasteiger partial charge in [-0.25, -0.2) is 4.98 Å². The number of benzene rings is 1. The van der Waals surface area contributed by atoms with Crippen LogP contribution < -0.4 is 5.46 Å². The second-order valence-corrected chi connectivity index (χ2v) is 6.56. The maximum Gasteiger partial charge on any atom is 0.494 e. The first-order valence-electron chi connectivity index (χ1n) is 6.70. The van der Waals surface area contributed by atoms with E-state index in [9.17, 15) is 0 Å². The van der Waals surface area contributed by atoms with Crippen LogP contribution in [0.2, 0.25) is 5.15 Å². The molecule has 0 saturated carbocycles. The standard InChI is InChI=1S/C15H17BClNO2/c1-14(2)15(3,4)20-16(19-14)11-6-7-12-10(9-11)5-8-13(17)18-12/h5-9H,1-4H3. The highest BCUT2D eigenvalue weighted by Crippen LogP contribution is 2.36. The first-order chi connectivity index (χ1) is 9.28. The summed E-state index contributed by atoms with van der Waals surface area (Å²) >= 11 is 5.90. The molecule has 1 aromatic heterocycles. The minimum Gasteiger partial charge on any atom is -0.399 e. The number of pyridine rings is 1. The van der Waals surface area contributed by atoms with Crippen LogP contribution in [0.25, 0.3) is 10.9 Å². The molecule has 0 atom stereocenters. The van der Waals surface area contributed by atoms with E-state index in [0.717, 1.165) is 16.4 Å². The SMILES string of the molecule is CC1(C)OB(c2ccc3nc(Cl)ccc3c2)OC1(C)C. The number of rotatable bonds is 1. The third kappa shape index (κ3) is 2.22. The Hall–Kier alpha value is -1.10. The zero-order valence-electron chi connectivity index (χ0n) is 12.1. The van der Waals surface area contributed by atoms with Crippen LogP contribution in [0.1, 0.15) is 27.7 Å². The van der Waals surface area contributed by atoms with Crippen molar-refractivity contribution in [1.29, 1.82) is 0 Å². The molecule has 1 aliphatic rings. The van der Waals surface area contributed by atoms with E-state index in [0.29, 0.717) is 5.15 Å². The van der Waals surface area contributed by atoms with Crippen LogP contribution in [0, 0.1) is 0 Å². The number of aromatic nitrogens is 1. The maximum absolute atomic E-state index is 6.05. The van der Waals surface area contributed by atoms with Crippen LogP contribution in [-0.4, -0.2) is 23.3 Å². The van der Waals surface area contributed by atoms with E-state index < -0.39 is 0 Å². The Kier molecular flexibility index (Phi) is 3.09. The van der Waals surface area contributed by atoms with Gasteiger partial charge in [0.1, 0.15) is 5.15 Å². The number of hydrogen-bond acceptors (Lipinski definition) is 3. The second-order valence-electron chi connectivity index (χ2n) is 6.17. The van der Waals surface area contributed by atoms with Gasteiger partial charge in [-0.05, 0) is 56.7 Å². The van der Waals surface area contributed by atoms with E-state index in [1.807, 2.05) is 24.3 Å². The van der Waals surface area contributed by atoms with E-state index in [1.165, 1.54) is 0 Å². The van der Waals surface area contributed by atoms with Gasteiger partial charge in [-0.3, -0.25) is 0 Å². The smallest absolute Gasteiger partial charge is 0.399 e. The molecule has 2 heterocycles. The van der Waals surface area contributed by atoms with Gasteiger partial charge in [0.15, 0.2) is 0 Å². The molecule has 0 spiro atoms. The predicted molar refractivity (Wildman–Crippen MR) is 82.5 cm³/mol. The van der Waals surface area contributed by atoms with Crippen molar-refractivity contribution in [2.75, 3.05) is 0 Å². The van der Waals surface area contributed by atoms with Crippen molar-refractivity contribution in [3.8, 4) is 0 Å². The molecular weight excluding hydrogens is 272 g/mol. The first kappa shape index (κ1) is 13.9. The molecule has 1 aromatic carbocycles. The molecule has 1 aliphatic heterocycles. The van der Waals surface area contributed by atoms with Crippen LogP contribution in [-0.2, 0) is 9.31 Å². The fourth-order valence-corrected chi connectivity index (χ4v) is 2.40. The van der Waals surface area contributed by atoms with Crippen LogP contribution in [0.15, 0.2) is 30.3 Å². The second kappa shape index (κ2) is 4.45. The van der Waals surface area contributed by atoms with Crippen molar-refractivity contribution in [2.45, 2.75) is 38.9 Å². The number of nitrogens with zero attached hydrogens (tertiary/aromatic N) is 1. The van der Waals surface area contributed by atoms with Gasteiger partial charge in [0.05, 0.1) is 16.7 Å². The fraction of sp³-hybridized carbons (Fsp3) is 0.400. The maximum atomic E-state index is 6.05. The molecule has 5 heteroatoms. The minimum atomic E-state index is -0.347. The molecule has 0 aliphatic carbocycles. The lowest BCUT2D eigenvalue weighted by molar-refractivity contribution is 0.00578. The van der Waals surface area contributed by atoms with Crippen LogP contribution in [0.3, 0.4) is 0 Å². The van der Waals surface area contributed by atoms with Gasteiger partial charge >= 0.3 is 7.12 Å². The summed E-state index contributed by atoms with van der Waals surface area (Å²) in [6.45, 7) is 8.20. The van der Waals surface area contributed by atoms with Gasteiger partial charge in [-0.1, -0.05) is 23.7 Å². The summed E-state index contributed by atoms with van der Waals surface area (Å²) in [7, 11) is -0.347. The minimum absolute atomic E-state index is 0.329. The van der Waals surface area contributed by atoms with Gasteiger partial charge in [-0.2, -0.15) is 0 Å². The molecule has 20 heavy (non-hydrogen) atoms. The summed E-state index contributed by atoms with van der Waals surface area (Å²) in [5.41, 5.74) is 1.22. The highest BCUT2D eigenvalue weighted by Gasteiger charge is 2.51. The summed E-state index contributed by atoms with van der Waals surface area (Å²) < 4.78 is 12.1. The third-order valence-corrected chi connectivity index (χ3v) is 4.42. The molecule has 3 rings (SSSR count). The van der Waals surface area contributed by atoms with Crippen molar-refractivity contribution in [3.05, 3.63) is 35.5 Å². The molecule has 1 saturated heterocycles. The Morgan fingerprint density at radius 1 is 1.00 bits per heavy atom. The number of halogens is 1. The lowest BCUT2D eigenvalue weighted by Crippen LogP contribution is -2.41. The monoisotopic (exact) mass is 289 g/mol.